The molecule has 0 radical (unpaired) electrons. The summed E-state index contributed by atoms with van der Waals surface area (Å²) >= 11 is 0. The summed E-state index contributed by atoms with van der Waals surface area (Å²) in [6, 6.07) is 9.99. The van der Waals surface area contributed by atoms with Crippen molar-refractivity contribution in [3.05, 3.63) is 48.0 Å². The maximum absolute atomic E-state index is 11.3. The minimum absolute atomic E-state index is 0.288. The SMILES string of the molecule is CC(C)(C)OC(=O)/C=C\Cc1ccccc1. The molecule has 0 aliphatic rings. The molecule has 0 amide bonds. The monoisotopic (exact) mass is 218 g/mol. The molecule has 0 aromatic heterocycles. The van der Waals surface area contributed by atoms with Gasteiger partial charge in [-0.25, -0.2) is 4.79 Å². The summed E-state index contributed by atoms with van der Waals surface area (Å²) in [4.78, 5) is 11.3. The average Bonchev–Trinajstić information content (AvgIpc) is 2.16. The largest absolute Gasteiger partial charge is 0.457 e. The standard InChI is InChI=1S/C14H18O2/c1-14(2,3)16-13(15)11-7-10-12-8-5-4-6-9-12/h4-9,11H,10H2,1-3H3/b11-7-. The molecule has 0 aliphatic heterocycles. The first-order valence-electron chi connectivity index (χ1n) is 5.41. The Morgan fingerprint density at radius 2 is 1.88 bits per heavy atom. The summed E-state index contributed by atoms with van der Waals surface area (Å²) in [7, 11) is 0. The minimum Gasteiger partial charge on any atom is -0.457 e. The lowest BCUT2D eigenvalue weighted by molar-refractivity contribution is -0.148. The van der Waals surface area contributed by atoms with Crippen LogP contribution in [0.15, 0.2) is 42.5 Å². The van der Waals surface area contributed by atoms with Crippen LogP contribution in [0.4, 0.5) is 0 Å². The Morgan fingerprint density at radius 1 is 1.25 bits per heavy atom. The van der Waals surface area contributed by atoms with Gasteiger partial charge < -0.3 is 4.74 Å². The highest BCUT2D eigenvalue weighted by atomic mass is 16.6. The summed E-state index contributed by atoms with van der Waals surface area (Å²) in [5.41, 5.74) is 0.760. The molecule has 16 heavy (non-hydrogen) atoms. The van der Waals surface area contributed by atoms with Crippen LogP contribution >= 0.6 is 0 Å². The third-order valence-corrected chi connectivity index (χ3v) is 1.86. The van der Waals surface area contributed by atoms with Gasteiger partial charge in [0.2, 0.25) is 0 Å². The summed E-state index contributed by atoms with van der Waals surface area (Å²) in [6.45, 7) is 5.57. The fourth-order valence-corrected chi connectivity index (χ4v) is 1.24. The van der Waals surface area contributed by atoms with E-state index in [2.05, 4.69) is 0 Å². The van der Waals surface area contributed by atoms with Crippen LogP contribution in [0.25, 0.3) is 0 Å². The highest BCUT2D eigenvalue weighted by Crippen LogP contribution is 2.07. The van der Waals surface area contributed by atoms with Crippen molar-refractivity contribution in [3.63, 3.8) is 0 Å². The Morgan fingerprint density at radius 3 is 2.44 bits per heavy atom. The average molecular weight is 218 g/mol. The number of allylic oxidation sites excluding steroid dienone is 1. The number of carbonyl (C=O) groups excluding carboxylic acids is 1. The van der Waals surface area contributed by atoms with Gasteiger partial charge in [0.05, 0.1) is 0 Å². The second-order valence-electron chi connectivity index (χ2n) is 4.63. The molecule has 2 heteroatoms. The fourth-order valence-electron chi connectivity index (χ4n) is 1.24. The van der Waals surface area contributed by atoms with Gasteiger partial charge in [-0.2, -0.15) is 0 Å². The number of hydrogen-bond acceptors (Lipinski definition) is 2. The molecule has 0 aliphatic carbocycles. The molecule has 0 spiro atoms. The lowest BCUT2D eigenvalue weighted by Gasteiger charge is -2.17. The number of benzene rings is 1. The second kappa shape index (κ2) is 5.50. The third-order valence-electron chi connectivity index (χ3n) is 1.86. The molecule has 0 heterocycles. The van der Waals surface area contributed by atoms with Crippen LogP contribution in [-0.2, 0) is 16.0 Å². The normalized spacial score (nSPS) is 11.7. The Hall–Kier alpha value is -1.57. The third kappa shape index (κ3) is 5.35. The molecule has 0 saturated carbocycles. The number of ether oxygens (including phenoxy) is 1. The van der Waals surface area contributed by atoms with Gasteiger partial charge in [-0.3, -0.25) is 0 Å². The van der Waals surface area contributed by atoms with Crippen molar-refractivity contribution in [2.24, 2.45) is 0 Å². The van der Waals surface area contributed by atoms with Gasteiger partial charge in [0.1, 0.15) is 5.60 Å². The van der Waals surface area contributed by atoms with Gasteiger partial charge in [-0.1, -0.05) is 36.4 Å². The smallest absolute Gasteiger partial charge is 0.330 e. The Kier molecular flexibility index (Phi) is 4.29. The zero-order chi connectivity index (χ0) is 12.0. The summed E-state index contributed by atoms with van der Waals surface area (Å²) < 4.78 is 5.15. The highest BCUT2D eigenvalue weighted by molar-refractivity contribution is 5.82. The van der Waals surface area contributed by atoms with Gasteiger partial charge in [0.25, 0.3) is 0 Å². The highest BCUT2D eigenvalue weighted by Gasteiger charge is 2.13. The molecule has 1 rings (SSSR count). The van der Waals surface area contributed by atoms with Crippen LogP contribution in [0.2, 0.25) is 0 Å². The molecule has 86 valence electrons. The van der Waals surface area contributed by atoms with E-state index in [1.807, 2.05) is 57.2 Å². The summed E-state index contributed by atoms with van der Waals surface area (Å²) in [6.07, 6.45) is 4.06. The van der Waals surface area contributed by atoms with E-state index in [0.717, 1.165) is 6.42 Å². The minimum atomic E-state index is -0.422. The Balaban J connectivity index is 2.41. The second-order valence-corrected chi connectivity index (χ2v) is 4.63. The van der Waals surface area contributed by atoms with Crippen molar-refractivity contribution >= 4 is 5.97 Å². The molecule has 0 unspecified atom stereocenters. The van der Waals surface area contributed by atoms with Crippen LogP contribution in [0.1, 0.15) is 26.3 Å². The van der Waals surface area contributed by atoms with Gasteiger partial charge >= 0.3 is 5.97 Å². The lowest BCUT2D eigenvalue weighted by atomic mass is 10.1. The van der Waals surface area contributed by atoms with E-state index in [9.17, 15) is 4.79 Å². The van der Waals surface area contributed by atoms with Crippen LogP contribution in [0.5, 0.6) is 0 Å². The number of carbonyl (C=O) groups is 1. The van der Waals surface area contributed by atoms with Crippen molar-refractivity contribution in [1.29, 1.82) is 0 Å². The summed E-state index contributed by atoms with van der Waals surface area (Å²) in [5.74, 6) is -0.288. The quantitative estimate of drug-likeness (QED) is 0.575. The van der Waals surface area contributed by atoms with Crippen LogP contribution in [0, 0.1) is 0 Å². The van der Waals surface area contributed by atoms with E-state index in [4.69, 9.17) is 4.74 Å². The van der Waals surface area contributed by atoms with E-state index in [0.29, 0.717) is 0 Å². The van der Waals surface area contributed by atoms with Crippen molar-refractivity contribution in [2.45, 2.75) is 32.8 Å². The Labute approximate surface area is 96.9 Å². The number of rotatable bonds is 3. The van der Waals surface area contributed by atoms with Crippen molar-refractivity contribution in [3.8, 4) is 0 Å². The van der Waals surface area contributed by atoms with Crippen LogP contribution in [-0.4, -0.2) is 11.6 Å². The number of esters is 1. The molecule has 0 N–H and O–H groups in total. The van der Waals surface area contributed by atoms with E-state index in [-0.39, 0.29) is 5.97 Å². The molecule has 0 saturated heterocycles. The van der Waals surface area contributed by atoms with Crippen LogP contribution in [0.3, 0.4) is 0 Å². The molecule has 0 atom stereocenters. The maximum Gasteiger partial charge on any atom is 0.330 e. The molecular formula is C14H18O2. The molecule has 2 nitrogen and oxygen atoms in total. The molecule has 1 aromatic rings. The molecule has 1 aromatic carbocycles. The van der Waals surface area contributed by atoms with Crippen molar-refractivity contribution in [2.75, 3.05) is 0 Å². The van der Waals surface area contributed by atoms with Gasteiger partial charge in [-0.05, 0) is 32.8 Å². The molecular weight excluding hydrogens is 200 g/mol. The van der Waals surface area contributed by atoms with E-state index in [1.54, 1.807) is 0 Å². The fraction of sp³-hybridized carbons (Fsp3) is 0.357. The summed E-state index contributed by atoms with van der Waals surface area (Å²) in [5, 5.41) is 0. The zero-order valence-electron chi connectivity index (χ0n) is 10.1. The van der Waals surface area contributed by atoms with Crippen molar-refractivity contribution < 1.29 is 9.53 Å². The zero-order valence-corrected chi connectivity index (χ0v) is 10.1. The lowest BCUT2D eigenvalue weighted by Crippen LogP contribution is -2.22. The topological polar surface area (TPSA) is 26.3 Å². The predicted molar refractivity (Wildman–Crippen MR) is 65.1 cm³/mol. The van der Waals surface area contributed by atoms with E-state index >= 15 is 0 Å². The number of hydrogen-bond donors (Lipinski definition) is 0. The van der Waals surface area contributed by atoms with Crippen LogP contribution < -0.4 is 0 Å². The van der Waals surface area contributed by atoms with E-state index < -0.39 is 5.60 Å². The molecule has 0 fully saturated rings. The molecule has 0 bridgehead atoms. The predicted octanol–water partition coefficient (Wildman–Crippen LogP) is 3.13. The Bertz CT molecular complexity index is 358. The van der Waals surface area contributed by atoms with Gasteiger partial charge in [0.15, 0.2) is 0 Å². The van der Waals surface area contributed by atoms with Crippen molar-refractivity contribution in [1.82, 2.24) is 0 Å². The van der Waals surface area contributed by atoms with Gasteiger partial charge in [0, 0.05) is 6.08 Å². The first kappa shape index (κ1) is 12.5. The maximum atomic E-state index is 11.3. The van der Waals surface area contributed by atoms with E-state index in [1.165, 1.54) is 11.6 Å². The first-order chi connectivity index (χ1) is 7.47. The first-order valence-corrected chi connectivity index (χ1v) is 5.41. The van der Waals surface area contributed by atoms with Gasteiger partial charge in [-0.15, -0.1) is 0 Å².